The van der Waals surface area contributed by atoms with E-state index in [2.05, 4.69) is 0 Å². The number of hydrogen-bond donors (Lipinski definition) is 3. The van der Waals surface area contributed by atoms with Crippen molar-refractivity contribution in [1.29, 1.82) is 0 Å². The lowest BCUT2D eigenvalue weighted by Gasteiger charge is -2.02. The lowest BCUT2D eigenvalue weighted by molar-refractivity contribution is 0.426. The van der Waals surface area contributed by atoms with Crippen LogP contribution in [-0.4, -0.2) is 17.2 Å². The maximum absolute atomic E-state index is 8.74. The fourth-order valence-corrected chi connectivity index (χ4v) is 0.975. The molecule has 0 aromatic heterocycles. The Bertz CT molecular complexity index is 270. The summed E-state index contributed by atoms with van der Waals surface area (Å²) in [5.41, 5.74) is 6.07. The van der Waals surface area contributed by atoms with Crippen LogP contribution in [0.15, 0.2) is 18.2 Å². The number of hydrogen-bond acceptors (Lipinski definition) is 3. The predicted molar refractivity (Wildman–Crippen MR) is 52.9 cm³/mol. The van der Waals surface area contributed by atoms with Gasteiger partial charge in [0.2, 0.25) is 0 Å². The molecule has 0 bridgehead atoms. The van der Waals surface area contributed by atoms with E-state index in [-0.39, 0.29) is 17.9 Å². The molecule has 1 rings (SSSR count). The molecular formula is C6H8BCl2NO2. The molecule has 0 saturated heterocycles. The van der Waals surface area contributed by atoms with Crippen LogP contribution >= 0.6 is 24.0 Å². The molecule has 12 heavy (non-hydrogen) atoms. The summed E-state index contributed by atoms with van der Waals surface area (Å²) < 4.78 is 0. The lowest BCUT2D eigenvalue weighted by Crippen LogP contribution is -2.30. The van der Waals surface area contributed by atoms with Crippen molar-refractivity contribution in [3.8, 4) is 0 Å². The molecule has 66 valence electrons. The molecule has 1 aromatic carbocycles. The summed E-state index contributed by atoms with van der Waals surface area (Å²) >= 11 is 5.62. The zero-order valence-corrected chi connectivity index (χ0v) is 7.64. The van der Waals surface area contributed by atoms with Crippen molar-refractivity contribution < 1.29 is 10.0 Å². The van der Waals surface area contributed by atoms with Gasteiger partial charge < -0.3 is 15.8 Å². The van der Waals surface area contributed by atoms with Gasteiger partial charge in [-0.15, -0.1) is 12.4 Å². The van der Waals surface area contributed by atoms with Crippen molar-refractivity contribution in [3.05, 3.63) is 23.2 Å². The van der Waals surface area contributed by atoms with Crippen LogP contribution in [0.25, 0.3) is 0 Å². The van der Waals surface area contributed by atoms with E-state index < -0.39 is 7.12 Å². The summed E-state index contributed by atoms with van der Waals surface area (Å²) in [5, 5.41) is 17.8. The Hall–Kier alpha value is -0.415. The molecule has 3 nitrogen and oxygen atoms in total. The largest absolute Gasteiger partial charge is 0.490 e. The minimum absolute atomic E-state index is 0. The van der Waals surface area contributed by atoms with Gasteiger partial charge in [0.25, 0.3) is 0 Å². The Morgan fingerprint density at radius 3 is 2.33 bits per heavy atom. The van der Waals surface area contributed by atoms with Gasteiger partial charge >= 0.3 is 7.12 Å². The maximum atomic E-state index is 8.74. The minimum atomic E-state index is -1.56. The van der Waals surface area contributed by atoms with E-state index in [0.29, 0.717) is 10.7 Å². The Balaban J connectivity index is 0.00000121. The molecule has 0 unspecified atom stereocenters. The van der Waals surface area contributed by atoms with Crippen molar-refractivity contribution >= 4 is 42.3 Å². The third-order valence-corrected chi connectivity index (χ3v) is 1.64. The Kier molecular flexibility index (Phi) is 4.41. The molecule has 6 heteroatoms. The first kappa shape index (κ1) is 11.6. The van der Waals surface area contributed by atoms with Crippen molar-refractivity contribution in [3.63, 3.8) is 0 Å². The molecular weight excluding hydrogens is 200 g/mol. The summed E-state index contributed by atoms with van der Waals surface area (Å²) in [6.45, 7) is 0. The van der Waals surface area contributed by atoms with Crippen molar-refractivity contribution in [1.82, 2.24) is 0 Å². The zero-order chi connectivity index (χ0) is 8.43. The number of halogens is 2. The van der Waals surface area contributed by atoms with Crippen molar-refractivity contribution in [2.75, 3.05) is 5.73 Å². The summed E-state index contributed by atoms with van der Waals surface area (Å²) in [6.07, 6.45) is 0. The average molecular weight is 208 g/mol. The van der Waals surface area contributed by atoms with Gasteiger partial charge in [0.15, 0.2) is 0 Å². The highest BCUT2D eigenvalue weighted by Crippen LogP contribution is 2.08. The van der Waals surface area contributed by atoms with Crippen LogP contribution in [0.3, 0.4) is 0 Å². The Labute approximate surface area is 81.7 Å². The SMILES string of the molecule is Cl.Nc1ccc(Cl)c(B(O)O)c1. The van der Waals surface area contributed by atoms with Crippen LogP contribution in [0.1, 0.15) is 0 Å². The minimum Gasteiger partial charge on any atom is -0.423 e. The van der Waals surface area contributed by atoms with Gasteiger partial charge in [-0.1, -0.05) is 11.6 Å². The van der Waals surface area contributed by atoms with E-state index in [1.54, 1.807) is 6.07 Å². The highest BCUT2D eigenvalue weighted by Gasteiger charge is 2.14. The average Bonchev–Trinajstić information content (AvgIpc) is 1.94. The van der Waals surface area contributed by atoms with E-state index in [9.17, 15) is 0 Å². The van der Waals surface area contributed by atoms with Crippen LogP contribution < -0.4 is 11.2 Å². The fraction of sp³-hybridized carbons (Fsp3) is 0. The molecule has 0 fully saturated rings. The Morgan fingerprint density at radius 2 is 1.92 bits per heavy atom. The fourth-order valence-electron chi connectivity index (χ4n) is 0.760. The number of anilines is 1. The second kappa shape index (κ2) is 4.57. The normalized spacial score (nSPS) is 8.92. The van der Waals surface area contributed by atoms with Crippen LogP contribution in [0, 0.1) is 0 Å². The molecule has 0 aliphatic carbocycles. The van der Waals surface area contributed by atoms with Crippen LogP contribution in [0.5, 0.6) is 0 Å². The standard InChI is InChI=1S/C6H7BClNO2.ClH/c8-6-2-1-4(9)3-5(6)7(10)11;/h1-3,10-11H,9H2;1H. The molecule has 0 heterocycles. The molecule has 1 aromatic rings. The highest BCUT2D eigenvalue weighted by atomic mass is 35.5. The smallest absolute Gasteiger partial charge is 0.423 e. The van der Waals surface area contributed by atoms with Gasteiger partial charge in [-0.25, -0.2) is 0 Å². The summed E-state index contributed by atoms with van der Waals surface area (Å²) in [4.78, 5) is 0. The van der Waals surface area contributed by atoms with Gasteiger partial charge in [-0.3, -0.25) is 0 Å². The van der Waals surface area contributed by atoms with Gasteiger partial charge in [0.1, 0.15) is 0 Å². The number of nitrogens with two attached hydrogens (primary N) is 1. The second-order valence-electron chi connectivity index (χ2n) is 2.15. The van der Waals surface area contributed by atoms with Gasteiger partial charge in [0, 0.05) is 16.2 Å². The first-order valence-electron chi connectivity index (χ1n) is 3.02. The zero-order valence-electron chi connectivity index (χ0n) is 6.07. The Morgan fingerprint density at radius 1 is 1.33 bits per heavy atom. The number of nitrogen functional groups attached to an aromatic ring is 1. The van der Waals surface area contributed by atoms with E-state index in [0.717, 1.165) is 0 Å². The molecule has 0 radical (unpaired) electrons. The third kappa shape index (κ3) is 2.57. The molecule has 0 aliphatic heterocycles. The van der Waals surface area contributed by atoms with Gasteiger partial charge in [0.05, 0.1) is 0 Å². The molecule has 4 N–H and O–H groups in total. The van der Waals surface area contributed by atoms with Crippen LogP contribution in [-0.2, 0) is 0 Å². The van der Waals surface area contributed by atoms with Crippen LogP contribution in [0.4, 0.5) is 5.69 Å². The predicted octanol–water partition coefficient (Wildman–Crippen LogP) is 0.0238. The van der Waals surface area contributed by atoms with Gasteiger partial charge in [-0.2, -0.15) is 0 Å². The van der Waals surface area contributed by atoms with E-state index in [1.165, 1.54) is 12.1 Å². The van der Waals surface area contributed by atoms with Gasteiger partial charge in [-0.05, 0) is 18.2 Å². The van der Waals surface area contributed by atoms with E-state index in [4.69, 9.17) is 27.4 Å². The van der Waals surface area contributed by atoms with E-state index >= 15 is 0 Å². The third-order valence-electron chi connectivity index (χ3n) is 1.30. The highest BCUT2D eigenvalue weighted by molar-refractivity contribution is 6.62. The van der Waals surface area contributed by atoms with E-state index in [1.807, 2.05) is 0 Å². The maximum Gasteiger partial charge on any atom is 0.490 e. The van der Waals surface area contributed by atoms with Crippen molar-refractivity contribution in [2.24, 2.45) is 0 Å². The molecule has 0 aliphatic rings. The summed E-state index contributed by atoms with van der Waals surface area (Å²) in [6, 6.07) is 4.53. The quantitative estimate of drug-likeness (QED) is 0.450. The summed E-state index contributed by atoms with van der Waals surface area (Å²) in [7, 11) is -1.56. The number of rotatable bonds is 1. The topological polar surface area (TPSA) is 66.5 Å². The monoisotopic (exact) mass is 207 g/mol. The molecule has 0 amide bonds. The molecule has 0 atom stereocenters. The number of benzene rings is 1. The lowest BCUT2D eigenvalue weighted by atomic mass is 9.80. The first-order chi connectivity index (χ1) is 5.11. The second-order valence-corrected chi connectivity index (χ2v) is 2.56. The first-order valence-corrected chi connectivity index (χ1v) is 3.40. The molecule has 0 spiro atoms. The van der Waals surface area contributed by atoms with Crippen LogP contribution in [0.2, 0.25) is 5.02 Å². The molecule has 0 saturated carbocycles. The summed E-state index contributed by atoms with van der Waals surface area (Å²) in [5.74, 6) is 0. The van der Waals surface area contributed by atoms with Crippen molar-refractivity contribution in [2.45, 2.75) is 0 Å².